The molecule has 0 saturated carbocycles. The largest absolute Gasteiger partial charge is 0.486 e. The number of rotatable bonds is 5. The van der Waals surface area contributed by atoms with Gasteiger partial charge in [0, 0.05) is 6.20 Å². The van der Waals surface area contributed by atoms with Crippen LogP contribution in [0.25, 0.3) is 0 Å². The lowest BCUT2D eigenvalue weighted by atomic mass is 10.2. The Morgan fingerprint density at radius 3 is 2.53 bits per heavy atom. The van der Waals surface area contributed by atoms with Crippen molar-refractivity contribution in [3.05, 3.63) is 22.9 Å². The fraction of sp³-hybridized carbons (Fsp3) is 0.643. The number of nitrogens with zero attached hydrogens (tertiary/aromatic N) is 1. The molecule has 1 aromatic heterocycles. The number of ether oxygens (including phenoxy) is 1. The lowest BCUT2D eigenvalue weighted by Crippen LogP contribution is -2.43. The van der Waals surface area contributed by atoms with Crippen molar-refractivity contribution in [2.45, 2.75) is 51.9 Å². The first-order valence-corrected chi connectivity index (χ1v) is 10.2. The molecule has 5 heteroatoms. The second-order valence-corrected chi connectivity index (χ2v) is 11.9. The van der Waals surface area contributed by atoms with Crippen LogP contribution in [0, 0.1) is 0 Å². The van der Waals surface area contributed by atoms with Gasteiger partial charge < -0.3 is 9.16 Å². The summed E-state index contributed by atoms with van der Waals surface area (Å²) in [5.41, 5.74) is 0. The van der Waals surface area contributed by atoms with E-state index in [4.69, 9.17) is 9.16 Å². The maximum absolute atomic E-state index is 6.15. The SMILES string of the molecule is C[C@H](CO[Si](C)(C)C(C)(C)C)Oc1cccnc1Br. The zero-order valence-electron chi connectivity index (χ0n) is 12.7. The van der Waals surface area contributed by atoms with E-state index in [9.17, 15) is 0 Å². The summed E-state index contributed by atoms with van der Waals surface area (Å²) in [5, 5.41) is 0.224. The van der Waals surface area contributed by atoms with E-state index in [1.807, 2.05) is 19.1 Å². The van der Waals surface area contributed by atoms with Crippen molar-refractivity contribution in [3.63, 3.8) is 0 Å². The van der Waals surface area contributed by atoms with Crippen LogP contribution >= 0.6 is 15.9 Å². The molecule has 0 spiro atoms. The zero-order valence-corrected chi connectivity index (χ0v) is 15.2. The van der Waals surface area contributed by atoms with Crippen LogP contribution in [0.1, 0.15) is 27.7 Å². The first-order chi connectivity index (χ1) is 8.63. The van der Waals surface area contributed by atoms with Gasteiger partial charge in [-0.1, -0.05) is 20.8 Å². The van der Waals surface area contributed by atoms with Crippen molar-refractivity contribution in [3.8, 4) is 5.75 Å². The van der Waals surface area contributed by atoms with Gasteiger partial charge >= 0.3 is 0 Å². The van der Waals surface area contributed by atoms with Gasteiger partial charge in [0.25, 0.3) is 0 Å². The molecule has 0 aliphatic carbocycles. The molecule has 3 nitrogen and oxygen atoms in total. The van der Waals surface area contributed by atoms with E-state index in [0.717, 1.165) is 10.4 Å². The number of aromatic nitrogens is 1. The molecule has 0 radical (unpaired) electrons. The molecule has 1 rings (SSSR count). The zero-order chi connectivity index (χ0) is 14.7. The smallest absolute Gasteiger partial charge is 0.192 e. The van der Waals surface area contributed by atoms with E-state index in [0.29, 0.717) is 6.61 Å². The fourth-order valence-electron chi connectivity index (χ4n) is 1.25. The van der Waals surface area contributed by atoms with Gasteiger partial charge in [0.1, 0.15) is 10.7 Å². The van der Waals surface area contributed by atoms with Gasteiger partial charge in [-0.15, -0.1) is 0 Å². The summed E-state index contributed by atoms with van der Waals surface area (Å²) < 4.78 is 12.7. The van der Waals surface area contributed by atoms with Crippen LogP contribution in [-0.2, 0) is 4.43 Å². The van der Waals surface area contributed by atoms with Crippen LogP contribution < -0.4 is 4.74 Å². The quantitative estimate of drug-likeness (QED) is 0.575. The minimum atomic E-state index is -1.71. The molecule has 0 unspecified atom stereocenters. The van der Waals surface area contributed by atoms with Crippen LogP contribution in [0.3, 0.4) is 0 Å². The maximum atomic E-state index is 6.15. The molecule has 0 N–H and O–H groups in total. The van der Waals surface area contributed by atoms with Gasteiger partial charge in [0.2, 0.25) is 0 Å². The van der Waals surface area contributed by atoms with Crippen molar-refractivity contribution < 1.29 is 9.16 Å². The Bertz CT molecular complexity index is 418. The predicted molar refractivity (Wildman–Crippen MR) is 85.2 cm³/mol. The standard InChI is InChI=1S/C14H24BrNO2Si/c1-11(10-17-19(5,6)14(2,3)4)18-12-8-7-9-16-13(12)15/h7-9,11H,10H2,1-6H3/t11-/m1/s1. The van der Waals surface area contributed by atoms with Gasteiger partial charge in [-0.05, 0) is 53.1 Å². The molecule has 108 valence electrons. The summed E-state index contributed by atoms with van der Waals surface area (Å²) in [4.78, 5) is 4.14. The second kappa shape index (κ2) is 6.37. The second-order valence-electron chi connectivity index (χ2n) is 6.29. The molecule has 1 aromatic rings. The first-order valence-electron chi connectivity index (χ1n) is 6.54. The van der Waals surface area contributed by atoms with Crippen LogP contribution in [-0.4, -0.2) is 26.0 Å². The summed E-state index contributed by atoms with van der Waals surface area (Å²) in [5.74, 6) is 0.758. The summed E-state index contributed by atoms with van der Waals surface area (Å²) in [6, 6.07) is 3.77. The summed E-state index contributed by atoms with van der Waals surface area (Å²) in [7, 11) is -1.71. The van der Waals surface area contributed by atoms with Gasteiger partial charge in [-0.3, -0.25) is 0 Å². The Morgan fingerprint density at radius 2 is 2.00 bits per heavy atom. The molecule has 0 fully saturated rings. The highest BCUT2D eigenvalue weighted by molar-refractivity contribution is 9.10. The molecule has 0 aliphatic heterocycles. The monoisotopic (exact) mass is 345 g/mol. The molecule has 1 heterocycles. The van der Waals surface area contributed by atoms with Crippen molar-refractivity contribution in [1.29, 1.82) is 0 Å². The molecule has 1 atom stereocenters. The Balaban J connectivity index is 2.53. The van der Waals surface area contributed by atoms with Gasteiger partial charge in [-0.2, -0.15) is 0 Å². The molecule has 0 aromatic carbocycles. The summed E-state index contributed by atoms with van der Waals surface area (Å²) >= 11 is 3.38. The van der Waals surface area contributed by atoms with Crippen molar-refractivity contribution in [2.75, 3.05) is 6.61 Å². The molecule has 19 heavy (non-hydrogen) atoms. The highest BCUT2D eigenvalue weighted by Gasteiger charge is 2.37. The van der Waals surface area contributed by atoms with E-state index in [1.54, 1.807) is 6.20 Å². The third-order valence-electron chi connectivity index (χ3n) is 3.54. The molecular formula is C14H24BrNO2Si. The third kappa shape index (κ3) is 4.89. The van der Waals surface area contributed by atoms with Crippen LogP contribution in [0.2, 0.25) is 18.1 Å². The van der Waals surface area contributed by atoms with Crippen molar-refractivity contribution in [2.24, 2.45) is 0 Å². The lowest BCUT2D eigenvalue weighted by Gasteiger charge is -2.36. The van der Waals surface area contributed by atoms with E-state index < -0.39 is 8.32 Å². The molecule has 0 amide bonds. The molecular weight excluding hydrogens is 322 g/mol. The molecule has 0 bridgehead atoms. The van der Waals surface area contributed by atoms with Gasteiger partial charge in [-0.25, -0.2) is 4.98 Å². The minimum absolute atomic E-state index is 0.00891. The van der Waals surface area contributed by atoms with E-state index in [-0.39, 0.29) is 11.1 Å². The van der Waals surface area contributed by atoms with E-state index in [1.165, 1.54) is 0 Å². The summed E-state index contributed by atoms with van der Waals surface area (Å²) in [6.45, 7) is 13.8. The number of hydrogen-bond acceptors (Lipinski definition) is 3. The average Bonchev–Trinajstić information content (AvgIpc) is 2.28. The summed E-state index contributed by atoms with van der Waals surface area (Å²) in [6.07, 6.45) is 1.74. The fourth-order valence-corrected chi connectivity index (χ4v) is 2.68. The average molecular weight is 346 g/mol. The van der Waals surface area contributed by atoms with Crippen molar-refractivity contribution in [1.82, 2.24) is 4.98 Å². The molecule has 0 saturated heterocycles. The third-order valence-corrected chi connectivity index (χ3v) is 8.63. The normalized spacial score (nSPS) is 14.3. The number of hydrogen-bond donors (Lipinski definition) is 0. The highest BCUT2D eigenvalue weighted by atomic mass is 79.9. The minimum Gasteiger partial charge on any atom is -0.486 e. The number of halogens is 1. The number of pyridine rings is 1. The Morgan fingerprint density at radius 1 is 1.37 bits per heavy atom. The van der Waals surface area contributed by atoms with Gasteiger partial charge in [0.15, 0.2) is 14.1 Å². The van der Waals surface area contributed by atoms with Crippen LogP contribution in [0.5, 0.6) is 5.75 Å². The topological polar surface area (TPSA) is 31.4 Å². The van der Waals surface area contributed by atoms with Crippen LogP contribution in [0.4, 0.5) is 0 Å². The van der Waals surface area contributed by atoms with E-state index in [2.05, 4.69) is 54.8 Å². The highest BCUT2D eigenvalue weighted by Crippen LogP contribution is 2.36. The first kappa shape index (κ1) is 16.7. The van der Waals surface area contributed by atoms with Crippen LogP contribution in [0.15, 0.2) is 22.9 Å². The Labute approximate surface area is 126 Å². The predicted octanol–water partition coefficient (Wildman–Crippen LogP) is 4.63. The maximum Gasteiger partial charge on any atom is 0.192 e. The van der Waals surface area contributed by atoms with Gasteiger partial charge in [0.05, 0.1) is 6.61 Å². The lowest BCUT2D eigenvalue weighted by molar-refractivity contribution is 0.133. The molecule has 0 aliphatic rings. The van der Waals surface area contributed by atoms with E-state index >= 15 is 0 Å². The Kier molecular flexibility index (Phi) is 5.59. The Hall–Kier alpha value is -0.393. The van der Waals surface area contributed by atoms with Crippen molar-refractivity contribution >= 4 is 24.2 Å².